The van der Waals surface area contributed by atoms with Crippen molar-refractivity contribution in [2.24, 2.45) is 5.92 Å². The van der Waals surface area contributed by atoms with E-state index in [1.807, 2.05) is 13.0 Å². The van der Waals surface area contributed by atoms with Gasteiger partial charge in [0.1, 0.15) is 5.75 Å². The SMILES string of the molecule is Cc1cc(Br)cc([C@@H](C2CCOCC2)N2CCNCC2)c1O. The van der Waals surface area contributed by atoms with Gasteiger partial charge in [-0.05, 0) is 43.4 Å². The number of phenolic OH excluding ortho intramolecular Hbond substituents is 1. The van der Waals surface area contributed by atoms with Crippen molar-refractivity contribution in [2.45, 2.75) is 25.8 Å². The van der Waals surface area contributed by atoms with Gasteiger partial charge in [0, 0.05) is 55.5 Å². The zero-order valence-electron chi connectivity index (χ0n) is 13.1. The summed E-state index contributed by atoms with van der Waals surface area (Å²) in [6, 6.07) is 4.37. The van der Waals surface area contributed by atoms with Crippen LogP contribution in [0.15, 0.2) is 16.6 Å². The number of rotatable bonds is 3. The van der Waals surface area contributed by atoms with Gasteiger partial charge in [0.25, 0.3) is 0 Å². The van der Waals surface area contributed by atoms with Gasteiger partial charge in [-0.25, -0.2) is 0 Å². The van der Waals surface area contributed by atoms with E-state index in [-0.39, 0.29) is 6.04 Å². The Labute approximate surface area is 141 Å². The van der Waals surface area contributed by atoms with Gasteiger partial charge < -0.3 is 15.2 Å². The first-order chi connectivity index (χ1) is 10.7. The highest BCUT2D eigenvalue weighted by atomic mass is 79.9. The number of nitrogens with zero attached hydrogens (tertiary/aromatic N) is 1. The summed E-state index contributed by atoms with van der Waals surface area (Å²) in [4.78, 5) is 2.54. The molecule has 0 aliphatic carbocycles. The lowest BCUT2D eigenvalue weighted by Crippen LogP contribution is -2.47. The number of phenols is 1. The number of hydrogen-bond donors (Lipinski definition) is 2. The predicted molar refractivity (Wildman–Crippen MR) is 91.3 cm³/mol. The van der Waals surface area contributed by atoms with Crippen LogP contribution in [-0.2, 0) is 4.74 Å². The number of halogens is 1. The minimum absolute atomic E-state index is 0.280. The number of nitrogens with one attached hydrogen (secondary N) is 1. The van der Waals surface area contributed by atoms with Crippen LogP contribution in [0.1, 0.15) is 30.0 Å². The molecule has 2 heterocycles. The molecule has 22 heavy (non-hydrogen) atoms. The van der Waals surface area contributed by atoms with E-state index >= 15 is 0 Å². The zero-order chi connectivity index (χ0) is 15.5. The molecule has 0 unspecified atom stereocenters. The summed E-state index contributed by atoms with van der Waals surface area (Å²) in [6.45, 7) is 7.76. The lowest BCUT2D eigenvalue weighted by atomic mass is 9.84. The standard InChI is InChI=1S/C17H25BrN2O2/c1-12-10-14(18)11-15(17(12)21)16(13-2-8-22-9-3-13)20-6-4-19-5-7-20/h10-11,13,16,19,21H,2-9H2,1H3/t16-/m1/s1. The fourth-order valence-corrected chi connectivity index (χ4v) is 4.32. The first-order valence-corrected chi connectivity index (χ1v) is 8.97. The molecule has 122 valence electrons. The summed E-state index contributed by atoms with van der Waals surface area (Å²) in [7, 11) is 0. The molecular weight excluding hydrogens is 344 g/mol. The van der Waals surface area contributed by atoms with Crippen LogP contribution < -0.4 is 5.32 Å². The van der Waals surface area contributed by atoms with Crippen molar-refractivity contribution in [2.75, 3.05) is 39.4 Å². The van der Waals surface area contributed by atoms with E-state index in [4.69, 9.17) is 4.74 Å². The summed E-state index contributed by atoms with van der Waals surface area (Å²) < 4.78 is 6.59. The topological polar surface area (TPSA) is 44.7 Å². The monoisotopic (exact) mass is 368 g/mol. The second-order valence-corrected chi connectivity index (χ2v) is 7.26. The fraction of sp³-hybridized carbons (Fsp3) is 0.647. The lowest BCUT2D eigenvalue weighted by Gasteiger charge is -2.41. The molecule has 0 bridgehead atoms. The summed E-state index contributed by atoms with van der Waals surface area (Å²) >= 11 is 3.60. The maximum absolute atomic E-state index is 10.7. The number of aryl methyl sites for hydroxylation is 1. The van der Waals surface area contributed by atoms with Crippen molar-refractivity contribution in [1.29, 1.82) is 0 Å². The molecule has 2 aliphatic rings. The van der Waals surface area contributed by atoms with Crippen LogP contribution in [0.2, 0.25) is 0 Å². The molecule has 2 N–H and O–H groups in total. The molecule has 5 heteroatoms. The highest BCUT2D eigenvalue weighted by Gasteiger charge is 2.33. The largest absolute Gasteiger partial charge is 0.507 e. The third kappa shape index (κ3) is 3.48. The molecule has 0 aromatic heterocycles. The molecule has 4 nitrogen and oxygen atoms in total. The molecule has 2 aliphatic heterocycles. The zero-order valence-corrected chi connectivity index (χ0v) is 14.7. The summed E-state index contributed by atoms with van der Waals surface area (Å²) in [5.74, 6) is 1.00. The Morgan fingerprint density at radius 3 is 2.64 bits per heavy atom. The van der Waals surface area contributed by atoms with Gasteiger partial charge in [-0.2, -0.15) is 0 Å². The summed E-state index contributed by atoms with van der Waals surface area (Å²) in [5, 5.41) is 14.1. The number of benzene rings is 1. The molecule has 0 amide bonds. The van der Waals surface area contributed by atoms with E-state index in [1.165, 1.54) is 0 Å². The Morgan fingerprint density at radius 1 is 1.27 bits per heavy atom. The smallest absolute Gasteiger partial charge is 0.123 e. The van der Waals surface area contributed by atoms with Crippen LogP contribution in [0.25, 0.3) is 0 Å². The van der Waals surface area contributed by atoms with Crippen LogP contribution in [-0.4, -0.2) is 49.4 Å². The van der Waals surface area contributed by atoms with Crippen LogP contribution >= 0.6 is 15.9 Å². The normalized spacial score (nSPS) is 22.6. The third-order valence-corrected chi connectivity index (χ3v) is 5.33. The average Bonchev–Trinajstić information content (AvgIpc) is 2.54. The van der Waals surface area contributed by atoms with E-state index in [1.54, 1.807) is 0 Å². The molecular formula is C17H25BrN2O2. The fourth-order valence-electron chi connectivity index (χ4n) is 3.73. The number of piperazine rings is 1. The van der Waals surface area contributed by atoms with Gasteiger partial charge in [0.05, 0.1) is 0 Å². The van der Waals surface area contributed by atoms with Gasteiger partial charge >= 0.3 is 0 Å². The van der Waals surface area contributed by atoms with Crippen molar-refractivity contribution in [3.63, 3.8) is 0 Å². The van der Waals surface area contributed by atoms with Crippen molar-refractivity contribution >= 4 is 15.9 Å². The minimum Gasteiger partial charge on any atom is -0.507 e. The molecule has 2 fully saturated rings. The molecule has 0 radical (unpaired) electrons. The minimum atomic E-state index is 0.280. The Kier molecular flexibility index (Phi) is 5.39. The maximum atomic E-state index is 10.7. The van der Waals surface area contributed by atoms with Crippen LogP contribution in [0, 0.1) is 12.8 Å². The van der Waals surface area contributed by atoms with E-state index < -0.39 is 0 Å². The molecule has 3 rings (SSSR count). The highest BCUT2D eigenvalue weighted by molar-refractivity contribution is 9.10. The Bertz CT molecular complexity index is 494. The Hall–Kier alpha value is -0.620. The van der Waals surface area contributed by atoms with E-state index in [9.17, 15) is 5.11 Å². The molecule has 2 saturated heterocycles. The van der Waals surface area contributed by atoms with Gasteiger partial charge in [0.2, 0.25) is 0 Å². The Balaban J connectivity index is 1.96. The average molecular weight is 369 g/mol. The highest BCUT2D eigenvalue weighted by Crippen LogP contribution is 2.41. The van der Waals surface area contributed by atoms with Gasteiger partial charge in [0.15, 0.2) is 0 Å². The van der Waals surface area contributed by atoms with Gasteiger partial charge in [-0.15, -0.1) is 0 Å². The number of ether oxygens (including phenoxy) is 1. The second-order valence-electron chi connectivity index (χ2n) is 6.34. The van der Waals surface area contributed by atoms with Gasteiger partial charge in [-0.1, -0.05) is 15.9 Å². The van der Waals surface area contributed by atoms with Crippen molar-refractivity contribution in [3.8, 4) is 5.75 Å². The summed E-state index contributed by atoms with van der Waals surface area (Å²) in [5.41, 5.74) is 2.01. The third-order valence-electron chi connectivity index (χ3n) is 4.87. The summed E-state index contributed by atoms with van der Waals surface area (Å²) in [6.07, 6.45) is 2.14. The molecule has 0 spiro atoms. The molecule has 1 aromatic carbocycles. The molecule has 1 aromatic rings. The second kappa shape index (κ2) is 7.30. The van der Waals surface area contributed by atoms with Crippen molar-refractivity contribution in [3.05, 3.63) is 27.7 Å². The van der Waals surface area contributed by atoms with Crippen LogP contribution in [0.5, 0.6) is 5.75 Å². The van der Waals surface area contributed by atoms with Crippen molar-refractivity contribution < 1.29 is 9.84 Å². The maximum Gasteiger partial charge on any atom is 0.123 e. The van der Waals surface area contributed by atoms with Crippen LogP contribution in [0.4, 0.5) is 0 Å². The van der Waals surface area contributed by atoms with Gasteiger partial charge in [-0.3, -0.25) is 4.90 Å². The van der Waals surface area contributed by atoms with E-state index in [2.05, 4.69) is 32.2 Å². The number of aromatic hydroxyl groups is 1. The first kappa shape index (κ1) is 16.2. The Morgan fingerprint density at radius 2 is 1.95 bits per heavy atom. The lowest BCUT2D eigenvalue weighted by molar-refractivity contribution is 0.0206. The van der Waals surface area contributed by atoms with E-state index in [0.717, 1.165) is 67.8 Å². The molecule has 0 saturated carbocycles. The van der Waals surface area contributed by atoms with Crippen LogP contribution in [0.3, 0.4) is 0 Å². The molecule has 1 atom stereocenters. The quantitative estimate of drug-likeness (QED) is 0.860. The van der Waals surface area contributed by atoms with E-state index in [0.29, 0.717) is 11.7 Å². The number of hydrogen-bond acceptors (Lipinski definition) is 4. The van der Waals surface area contributed by atoms with Crippen molar-refractivity contribution in [1.82, 2.24) is 10.2 Å². The first-order valence-electron chi connectivity index (χ1n) is 8.18. The predicted octanol–water partition coefficient (Wildman–Crippen LogP) is 2.84.